The maximum absolute atomic E-state index is 12.4. The molecule has 0 bridgehead atoms. The molecule has 0 saturated carbocycles. The van der Waals surface area contributed by atoms with Crippen LogP contribution >= 0.6 is 11.3 Å². The van der Waals surface area contributed by atoms with Crippen LogP contribution in [-0.2, 0) is 14.3 Å². The van der Waals surface area contributed by atoms with Crippen molar-refractivity contribution >= 4 is 34.2 Å². The molecule has 28 heavy (non-hydrogen) atoms. The minimum absolute atomic E-state index is 0.0675. The predicted molar refractivity (Wildman–Crippen MR) is 105 cm³/mol. The van der Waals surface area contributed by atoms with Gasteiger partial charge >= 0.3 is 0 Å². The zero-order valence-corrected chi connectivity index (χ0v) is 17.4. The van der Waals surface area contributed by atoms with Gasteiger partial charge in [0.05, 0.1) is 12.2 Å². The number of nitrogens with zero attached hydrogens (tertiary/aromatic N) is 4. The SMILES string of the molecule is Cc1nc(NC(=O)CN2CCN(C(=O)C3CCCO3)CC2)sc1C(=O)N(C)C. The Morgan fingerprint density at radius 1 is 1.25 bits per heavy atom. The van der Waals surface area contributed by atoms with E-state index in [0.717, 1.165) is 12.8 Å². The Morgan fingerprint density at radius 2 is 1.96 bits per heavy atom. The molecule has 9 nitrogen and oxygen atoms in total. The number of thiazole rings is 1. The lowest BCUT2D eigenvalue weighted by atomic mass is 10.2. The Kier molecular flexibility index (Phi) is 6.63. The van der Waals surface area contributed by atoms with Crippen molar-refractivity contribution in [2.75, 3.05) is 58.7 Å². The zero-order valence-electron chi connectivity index (χ0n) is 16.6. The first kappa shape index (κ1) is 20.7. The number of rotatable bonds is 5. The van der Waals surface area contributed by atoms with Crippen molar-refractivity contribution in [3.63, 3.8) is 0 Å². The van der Waals surface area contributed by atoms with Crippen LogP contribution in [-0.4, -0.2) is 96.9 Å². The van der Waals surface area contributed by atoms with Crippen molar-refractivity contribution in [2.45, 2.75) is 25.9 Å². The Hall–Kier alpha value is -2.04. The summed E-state index contributed by atoms with van der Waals surface area (Å²) in [5.74, 6) is -0.225. The average Bonchev–Trinajstić information content (AvgIpc) is 3.31. The highest BCUT2D eigenvalue weighted by atomic mass is 32.1. The fourth-order valence-electron chi connectivity index (χ4n) is 3.32. The first-order chi connectivity index (χ1) is 13.3. The molecule has 154 valence electrons. The monoisotopic (exact) mass is 409 g/mol. The van der Waals surface area contributed by atoms with Crippen molar-refractivity contribution in [3.8, 4) is 0 Å². The standard InChI is InChI=1S/C18H27N5O4S/c1-12-15(17(26)21(2)3)28-18(19-12)20-14(24)11-22-6-8-23(9-7-22)16(25)13-5-4-10-27-13/h13H,4-11H2,1-3H3,(H,19,20,24). The molecule has 0 radical (unpaired) electrons. The number of aryl methyl sites for hydroxylation is 1. The lowest BCUT2D eigenvalue weighted by Gasteiger charge is -2.35. The minimum Gasteiger partial charge on any atom is -0.368 e. The molecule has 2 fully saturated rings. The van der Waals surface area contributed by atoms with E-state index >= 15 is 0 Å². The lowest BCUT2D eigenvalue weighted by Crippen LogP contribution is -2.52. The van der Waals surface area contributed by atoms with E-state index in [1.807, 2.05) is 9.80 Å². The number of nitrogens with one attached hydrogen (secondary N) is 1. The summed E-state index contributed by atoms with van der Waals surface area (Å²) < 4.78 is 5.47. The smallest absolute Gasteiger partial charge is 0.265 e. The topological polar surface area (TPSA) is 95.1 Å². The minimum atomic E-state index is -0.290. The summed E-state index contributed by atoms with van der Waals surface area (Å²) in [6.45, 7) is 5.15. The summed E-state index contributed by atoms with van der Waals surface area (Å²) in [5.41, 5.74) is 0.611. The van der Waals surface area contributed by atoms with Gasteiger partial charge in [-0.2, -0.15) is 0 Å². The van der Waals surface area contributed by atoms with Gasteiger partial charge in [0, 0.05) is 46.9 Å². The molecule has 0 aromatic carbocycles. The molecule has 1 aromatic rings. The van der Waals surface area contributed by atoms with Gasteiger partial charge in [-0.25, -0.2) is 4.98 Å². The van der Waals surface area contributed by atoms with Gasteiger partial charge in [0.1, 0.15) is 11.0 Å². The predicted octanol–water partition coefficient (Wildman–Crippen LogP) is 0.415. The van der Waals surface area contributed by atoms with E-state index in [1.54, 1.807) is 21.0 Å². The van der Waals surface area contributed by atoms with Crippen molar-refractivity contribution < 1.29 is 19.1 Å². The average molecular weight is 410 g/mol. The molecule has 3 heterocycles. The van der Waals surface area contributed by atoms with E-state index in [-0.39, 0.29) is 30.4 Å². The molecule has 1 unspecified atom stereocenters. The third kappa shape index (κ3) is 4.86. The number of hydrogen-bond donors (Lipinski definition) is 1. The van der Waals surface area contributed by atoms with Crippen molar-refractivity contribution in [2.24, 2.45) is 0 Å². The summed E-state index contributed by atoms with van der Waals surface area (Å²) in [6.07, 6.45) is 1.45. The van der Waals surface area contributed by atoms with E-state index < -0.39 is 0 Å². The number of amides is 3. The van der Waals surface area contributed by atoms with Gasteiger partial charge in [-0.05, 0) is 19.8 Å². The van der Waals surface area contributed by atoms with Crippen LogP contribution in [0.1, 0.15) is 28.2 Å². The molecule has 2 aliphatic heterocycles. The molecule has 0 aliphatic carbocycles. The van der Waals surface area contributed by atoms with Gasteiger partial charge < -0.3 is 19.9 Å². The van der Waals surface area contributed by atoms with E-state index in [9.17, 15) is 14.4 Å². The second-order valence-electron chi connectivity index (χ2n) is 7.28. The molecule has 3 amide bonds. The van der Waals surface area contributed by atoms with Crippen molar-refractivity contribution in [1.82, 2.24) is 19.7 Å². The van der Waals surface area contributed by atoms with E-state index in [1.165, 1.54) is 16.2 Å². The third-order valence-corrected chi connectivity index (χ3v) is 5.96. The molecular weight excluding hydrogens is 382 g/mol. The number of carbonyl (C=O) groups excluding carboxylic acids is 3. The maximum Gasteiger partial charge on any atom is 0.265 e. The molecule has 10 heteroatoms. The highest BCUT2D eigenvalue weighted by molar-refractivity contribution is 7.17. The highest BCUT2D eigenvalue weighted by Crippen LogP contribution is 2.23. The number of anilines is 1. The van der Waals surface area contributed by atoms with Crippen LogP contribution in [0, 0.1) is 6.92 Å². The van der Waals surface area contributed by atoms with Crippen LogP contribution in [0.2, 0.25) is 0 Å². The van der Waals surface area contributed by atoms with E-state index in [0.29, 0.717) is 48.5 Å². The zero-order chi connectivity index (χ0) is 20.3. The quantitative estimate of drug-likeness (QED) is 0.757. The summed E-state index contributed by atoms with van der Waals surface area (Å²) >= 11 is 1.19. The van der Waals surface area contributed by atoms with Gasteiger partial charge in [0.15, 0.2) is 5.13 Å². The fourth-order valence-corrected chi connectivity index (χ4v) is 4.32. The summed E-state index contributed by atoms with van der Waals surface area (Å²) in [4.78, 5) is 47.0. The number of piperazine rings is 1. The largest absolute Gasteiger partial charge is 0.368 e. The summed E-state index contributed by atoms with van der Waals surface area (Å²) in [5, 5.41) is 3.21. The second-order valence-corrected chi connectivity index (χ2v) is 8.28. The lowest BCUT2D eigenvalue weighted by molar-refractivity contribution is -0.142. The van der Waals surface area contributed by atoms with Gasteiger partial charge in [0.25, 0.3) is 11.8 Å². The Morgan fingerprint density at radius 3 is 2.57 bits per heavy atom. The molecule has 1 aromatic heterocycles. The highest BCUT2D eigenvalue weighted by Gasteiger charge is 2.30. The van der Waals surface area contributed by atoms with Crippen LogP contribution in [0.4, 0.5) is 5.13 Å². The first-order valence-electron chi connectivity index (χ1n) is 9.47. The van der Waals surface area contributed by atoms with Crippen LogP contribution < -0.4 is 5.32 Å². The van der Waals surface area contributed by atoms with Gasteiger partial charge in [-0.15, -0.1) is 0 Å². The van der Waals surface area contributed by atoms with Gasteiger partial charge in [-0.3, -0.25) is 19.3 Å². The Labute approximate surface area is 168 Å². The Balaban J connectivity index is 1.46. The molecule has 1 atom stereocenters. The number of ether oxygens (including phenoxy) is 1. The fraction of sp³-hybridized carbons (Fsp3) is 0.667. The van der Waals surface area contributed by atoms with E-state index in [2.05, 4.69) is 10.3 Å². The number of aromatic nitrogens is 1. The van der Waals surface area contributed by atoms with Crippen LogP contribution in [0.25, 0.3) is 0 Å². The molecular formula is C18H27N5O4S. The number of hydrogen-bond acceptors (Lipinski definition) is 7. The van der Waals surface area contributed by atoms with Gasteiger partial charge in [0.2, 0.25) is 5.91 Å². The van der Waals surface area contributed by atoms with Crippen LogP contribution in [0.5, 0.6) is 0 Å². The molecule has 3 rings (SSSR count). The van der Waals surface area contributed by atoms with Crippen LogP contribution in [0.3, 0.4) is 0 Å². The molecule has 2 aliphatic rings. The normalized spacial score (nSPS) is 20.2. The Bertz CT molecular complexity index is 736. The van der Waals surface area contributed by atoms with Gasteiger partial charge in [-0.1, -0.05) is 11.3 Å². The maximum atomic E-state index is 12.4. The van der Waals surface area contributed by atoms with Crippen LogP contribution in [0.15, 0.2) is 0 Å². The molecule has 0 spiro atoms. The second kappa shape index (κ2) is 8.97. The van der Waals surface area contributed by atoms with Crippen molar-refractivity contribution in [1.29, 1.82) is 0 Å². The third-order valence-electron chi connectivity index (χ3n) is 4.90. The summed E-state index contributed by atoms with van der Waals surface area (Å²) in [7, 11) is 3.37. The van der Waals surface area contributed by atoms with E-state index in [4.69, 9.17) is 4.74 Å². The number of carbonyl (C=O) groups is 3. The molecule has 2 saturated heterocycles. The summed E-state index contributed by atoms with van der Waals surface area (Å²) in [6, 6.07) is 0. The molecule has 1 N–H and O–H groups in total. The van der Waals surface area contributed by atoms with Crippen molar-refractivity contribution in [3.05, 3.63) is 10.6 Å². The first-order valence-corrected chi connectivity index (χ1v) is 10.3.